The van der Waals surface area contributed by atoms with E-state index in [0.717, 1.165) is 0 Å². The summed E-state index contributed by atoms with van der Waals surface area (Å²) in [5.74, 6) is -2.89. The number of amides is 1. The van der Waals surface area contributed by atoms with Crippen LogP contribution in [0.4, 0.5) is 18.9 Å². The van der Waals surface area contributed by atoms with Gasteiger partial charge in [0, 0.05) is 30.9 Å². The number of aliphatic carboxylic acids is 1. The SMILES string of the molecule is Cn1cc(C(=O)NC(CC(F)(F)F)C(=O)O)c(-c2ccc([N+](=O)[O-])cc2)n1. The maximum Gasteiger partial charge on any atom is 0.391 e. The number of alkyl halides is 3. The highest BCUT2D eigenvalue weighted by Crippen LogP contribution is 2.25. The molecular weight excluding hydrogens is 373 g/mol. The van der Waals surface area contributed by atoms with E-state index in [1.807, 2.05) is 5.32 Å². The van der Waals surface area contributed by atoms with E-state index < -0.39 is 35.4 Å². The van der Waals surface area contributed by atoms with Crippen LogP contribution in [0, 0.1) is 10.1 Å². The molecule has 1 aromatic heterocycles. The number of non-ortho nitro benzene ring substituents is 1. The molecule has 27 heavy (non-hydrogen) atoms. The number of aromatic nitrogens is 2. The monoisotopic (exact) mass is 386 g/mol. The highest BCUT2D eigenvalue weighted by atomic mass is 19.4. The van der Waals surface area contributed by atoms with Gasteiger partial charge in [-0.05, 0) is 12.1 Å². The van der Waals surface area contributed by atoms with Crippen LogP contribution < -0.4 is 5.32 Å². The van der Waals surface area contributed by atoms with Crippen LogP contribution in [0.15, 0.2) is 30.5 Å². The van der Waals surface area contributed by atoms with E-state index in [4.69, 9.17) is 5.11 Å². The largest absolute Gasteiger partial charge is 0.480 e. The third-order valence-electron chi connectivity index (χ3n) is 3.46. The van der Waals surface area contributed by atoms with Crippen molar-refractivity contribution < 1.29 is 32.8 Å². The van der Waals surface area contributed by atoms with Crippen molar-refractivity contribution in [3.63, 3.8) is 0 Å². The maximum absolute atomic E-state index is 12.5. The molecule has 1 amide bonds. The highest BCUT2D eigenvalue weighted by molar-refractivity contribution is 6.01. The van der Waals surface area contributed by atoms with Gasteiger partial charge in [0.15, 0.2) is 0 Å². The molecule has 2 rings (SSSR count). The summed E-state index contributed by atoms with van der Waals surface area (Å²) in [4.78, 5) is 33.4. The fourth-order valence-corrected chi connectivity index (χ4v) is 2.28. The Morgan fingerprint density at radius 3 is 2.41 bits per heavy atom. The molecule has 12 heteroatoms. The van der Waals surface area contributed by atoms with Gasteiger partial charge in [0.2, 0.25) is 0 Å². The van der Waals surface area contributed by atoms with E-state index in [1.165, 1.54) is 42.2 Å². The minimum Gasteiger partial charge on any atom is -0.480 e. The number of nitrogens with one attached hydrogen (secondary N) is 1. The standard InChI is InChI=1S/C15H13F3N4O5/c1-21-7-10(13(23)19-11(14(24)25)6-15(16,17)18)12(20-21)8-2-4-9(5-3-8)22(26)27/h2-5,7,11H,6H2,1H3,(H,19,23)(H,24,25). The predicted octanol–water partition coefficient (Wildman–Crippen LogP) is 2.13. The van der Waals surface area contributed by atoms with E-state index in [1.54, 1.807) is 0 Å². The lowest BCUT2D eigenvalue weighted by atomic mass is 10.1. The Balaban J connectivity index is 2.32. The minimum atomic E-state index is -4.79. The lowest BCUT2D eigenvalue weighted by Gasteiger charge is -2.16. The molecule has 0 saturated carbocycles. The molecular formula is C15H13F3N4O5. The smallest absolute Gasteiger partial charge is 0.391 e. The van der Waals surface area contributed by atoms with Crippen LogP contribution in [-0.4, -0.2) is 43.9 Å². The molecule has 1 unspecified atom stereocenters. The van der Waals surface area contributed by atoms with Crippen LogP contribution >= 0.6 is 0 Å². The molecule has 0 radical (unpaired) electrons. The van der Waals surface area contributed by atoms with Gasteiger partial charge in [0.05, 0.1) is 16.9 Å². The third-order valence-corrected chi connectivity index (χ3v) is 3.46. The fraction of sp³-hybridized carbons (Fsp3) is 0.267. The van der Waals surface area contributed by atoms with Gasteiger partial charge in [-0.25, -0.2) is 4.79 Å². The summed E-state index contributed by atoms with van der Waals surface area (Å²) < 4.78 is 38.7. The third kappa shape index (κ3) is 5.03. The zero-order valence-corrected chi connectivity index (χ0v) is 13.7. The van der Waals surface area contributed by atoms with Gasteiger partial charge in [-0.15, -0.1) is 0 Å². The quantitative estimate of drug-likeness (QED) is 0.578. The van der Waals surface area contributed by atoms with Gasteiger partial charge in [0.25, 0.3) is 11.6 Å². The van der Waals surface area contributed by atoms with Crippen LogP contribution in [0.5, 0.6) is 0 Å². The van der Waals surface area contributed by atoms with Gasteiger partial charge in [0.1, 0.15) is 11.7 Å². The zero-order chi connectivity index (χ0) is 20.4. The van der Waals surface area contributed by atoms with Crippen LogP contribution in [0.1, 0.15) is 16.8 Å². The average Bonchev–Trinajstić information content (AvgIpc) is 2.95. The number of carboxylic acids is 1. The normalized spacial score (nSPS) is 12.4. The van der Waals surface area contributed by atoms with Gasteiger partial charge in [-0.1, -0.05) is 0 Å². The molecule has 0 bridgehead atoms. The molecule has 0 fully saturated rings. The molecule has 2 aromatic rings. The Bertz CT molecular complexity index is 877. The van der Waals surface area contributed by atoms with E-state index in [2.05, 4.69) is 5.10 Å². The Morgan fingerprint density at radius 1 is 1.33 bits per heavy atom. The first-order valence-corrected chi connectivity index (χ1v) is 7.37. The van der Waals surface area contributed by atoms with Crippen molar-refractivity contribution in [3.8, 4) is 11.3 Å². The van der Waals surface area contributed by atoms with Crippen LogP contribution in [0.3, 0.4) is 0 Å². The van der Waals surface area contributed by atoms with Crippen molar-refractivity contribution in [2.45, 2.75) is 18.6 Å². The Labute approximate surface area is 149 Å². The molecule has 0 aliphatic heterocycles. The number of rotatable bonds is 6. The van der Waals surface area contributed by atoms with Gasteiger partial charge >= 0.3 is 12.1 Å². The predicted molar refractivity (Wildman–Crippen MR) is 84.9 cm³/mol. The fourth-order valence-electron chi connectivity index (χ4n) is 2.28. The Morgan fingerprint density at radius 2 is 1.93 bits per heavy atom. The number of benzene rings is 1. The first-order valence-electron chi connectivity index (χ1n) is 7.37. The van der Waals surface area contributed by atoms with E-state index >= 15 is 0 Å². The second-order valence-electron chi connectivity index (χ2n) is 5.55. The van der Waals surface area contributed by atoms with Crippen LogP contribution in [0.25, 0.3) is 11.3 Å². The van der Waals surface area contributed by atoms with E-state index in [9.17, 15) is 32.9 Å². The first kappa shape index (κ1) is 19.9. The Kier molecular flexibility index (Phi) is 5.47. The van der Waals surface area contributed by atoms with Crippen LogP contribution in [-0.2, 0) is 11.8 Å². The molecule has 1 heterocycles. The second kappa shape index (κ2) is 7.43. The number of nitro benzene ring substituents is 1. The number of nitrogens with zero attached hydrogens (tertiary/aromatic N) is 3. The van der Waals surface area contributed by atoms with Gasteiger partial charge in [-0.2, -0.15) is 18.3 Å². The summed E-state index contributed by atoms with van der Waals surface area (Å²) >= 11 is 0. The van der Waals surface area contributed by atoms with Gasteiger partial charge < -0.3 is 10.4 Å². The van der Waals surface area contributed by atoms with Crippen molar-refractivity contribution in [2.24, 2.45) is 7.05 Å². The number of carbonyl (C=O) groups is 2. The van der Waals surface area contributed by atoms with Crippen molar-refractivity contribution in [1.29, 1.82) is 0 Å². The minimum absolute atomic E-state index is 0.0426. The second-order valence-corrected chi connectivity index (χ2v) is 5.55. The zero-order valence-electron chi connectivity index (χ0n) is 13.7. The number of nitro groups is 1. The lowest BCUT2D eigenvalue weighted by molar-refractivity contribution is -0.384. The summed E-state index contributed by atoms with van der Waals surface area (Å²) in [6, 6.07) is 2.83. The topological polar surface area (TPSA) is 127 Å². The summed E-state index contributed by atoms with van der Waals surface area (Å²) in [7, 11) is 1.45. The number of aryl methyl sites for hydroxylation is 1. The summed E-state index contributed by atoms with van der Waals surface area (Å²) in [6.45, 7) is 0. The van der Waals surface area contributed by atoms with Crippen molar-refractivity contribution >= 4 is 17.6 Å². The first-order chi connectivity index (χ1) is 12.5. The molecule has 0 saturated heterocycles. The summed E-state index contributed by atoms with van der Waals surface area (Å²) in [6.07, 6.45) is -5.31. The van der Waals surface area contributed by atoms with E-state index in [0.29, 0.717) is 5.56 Å². The molecule has 9 nitrogen and oxygen atoms in total. The molecule has 0 aliphatic carbocycles. The van der Waals surface area contributed by atoms with Crippen molar-refractivity contribution in [3.05, 3.63) is 46.1 Å². The molecule has 2 N–H and O–H groups in total. The van der Waals surface area contributed by atoms with Crippen LogP contribution in [0.2, 0.25) is 0 Å². The molecule has 1 atom stereocenters. The summed E-state index contributed by atoms with van der Waals surface area (Å²) in [5, 5.41) is 25.5. The van der Waals surface area contributed by atoms with Crippen molar-refractivity contribution in [1.82, 2.24) is 15.1 Å². The summed E-state index contributed by atoms with van der Waals surface area (Å²) in [5.41, 5.74) is -0.0216. The van der Waals surface area contributed by atoms with Gasteiger partial charge in [-0.3, -0.25) is 19.6 Å². The van der Waals surface area contributed by atoms with E-state index in [-0.39, 0.29) is 16.9 Å². The number of carbonyl (C=O) groups excluding carboxylic acids is 1. The number of halogens is 3. The molecule has 0 aliphatic rings. The maximum atomic E-state index is 12.5. The average molecular weight is 386 g/mol. The Hall–Kier alpha value is -3.44. The number of carboxylic acid groups (broad SMARTS) is 1. The van der Waals surface area contributed by atoms with Crippen molar-refractivity contribution in [2.75, 3.05) is 0 Å². The number of hydrogen-bond acceptors (Lipinski definition) is 5. The lowest BCUT2D eigenvalue weighted by Crippen LogP contribution is -2.43. The molecule has 1 aromatic carbocycles. The molecule has 0 spiro atoms. The molecule has 144 valence electrons. The highest BCUT2D eigenvalue weighted by Gasteiger charge is 2.36. The number of hydrogen-bond donors (Lipinski definition) is 2.